The average molecular weight is 418 g/mol. The van der Waals surface area contributed by atoms with Gasteiger partial charge in [-0.15, -0.1) is 11.8 Å². The number of fused-ring (bicyclic) bond motifs is 3. The predicted octanol–water partition coefficient (Wildman–Crippen LogP) is 4.92. The van der Waals surface area contributed by atoms with Crippen molar-refractivity contribution in [1.29, 1.82) is 0 Å². The third-order valence-electron chi connectivity index (χ3n) is 5.30. The zero-order valence-corrected chi connectivity index (χ0v) is 16.6. The first-order valence-corrected chi connectivity index (χ1v) is 10.6. The van der Waals surface area contributed by atoms with Crippen molar-refractivity contribution in [3.8, 4) is 0 Å². The molecule has 0 radical (unpaired) electrons. The Bertz CT molecular complexity index is 1010. The normalized spacial score (nSPS) is 14.7. The summed E-state index contributed by atoms with van der Waals surface area (Å²) in [6.07, 6.45) is -3.95. The van der Waals surface area contributed by atoms with Crippen molar-refractivity contribution in [2.24, 2.45) is 0 Å². The number of benzene rings is 2. The van der Waals surface area contributed by atoms with Crippen LogP contribution in [0, 0.1) is 0 Å². The fourth-order valence-electron chi connectivity index (χ4n) is 4.00. The van der Waals surface area contributed by atoms with Crippen molar-refractivity contribution in [1.82, 2.24) is 9.47 Å². The molecule has 2 heterocycles. The molecule has 1 aliphatic heterocycles. The number of rotatable bonds is 4. The minimum Gasteiger partial charge on any atom is -0.343 e. The molecule has 29 heavy (non-hydrogen) atoms. The highest BCUT2D eigenvalue weighted by Gasteiger charge is 2.42. The van der Waals surface area contributed by atoms with Gasteiger partial charge in [-0.2, -0.15) is 13.2 Å². The topological polar surface area (TPSA) is 25.2 Å². The van der Waals surface area contributed by atoms with E-state index < -0.39 is 12.1 Å². The molecule has 0 saturated carbocycles. The smallest absolute Gasteiger partial charge is 0.343 e. The Hall–Kier alpha value is -2.41. The van der Waals surface area contributed by atoms with E-state index in [1.807, 2.05) is 36.4 Å². The Morgan fingerprint density at radius 1 is 0.966 bits per heavy atom. The summed E-state index contributed by atoms with van der Waals surface area (Å²) in [5.41, 5.74) is 3.24. The van der Waals surface area contributed by atoms with Crippen LogP contribution in [0.5, 0.6) is 0 Å². The van der Waals surface area contributed by atoms with Crippen LogP contribution in [-0.4, -0.2) is 40.4 Å². The van der Waals surface area contributed by atoms with Crippen LogP contribution >= 0.6 is 11.8 Å². The molecule has 1 amide bonds. The third kappa shape index (κ3) is 4.15. The van der Waals surface area contributed by atoms with Crippen molar-refractivity contribution in [3.63, 3.8) is 0 Å². The first kappa shape index (κ1) is 19.9. The van der Waals surface area contributed by atoms with Crippen LogP contribution < -0.4 is 0 Å². The summed E-state index contributed by atoms with van der Waals surface area (Å²) in [5, 5.41) is 1.08. The van der Waals surface area contributed by atoms with Crippen molar-refractivity contribution < 1.29 is 18.0 Å². The van der Waals surface area contributed by atoms with E-state index >= 15 is 0 Å². The van der Waals surface area contributed by atoms with Gasteiger partial charge in [0.25, 0.3) is 0 Å². The van der Waals surface area contributed by atoms with E-state index in [-0.39, 0.29) is 13.1 Å². The van der Waals surface area contributed by atoms with Gasteiger partial charge in [-0.1, -0.05) is 36.4 Å². The summed E-state index contributed by atoms with van der Waals surface area (Å²) in [5.74, 6) is -0.876. The molecular weight excluding hydrogens is 397 g/mol. The molecule has 7 heteroatoms. The first-order chi connectivity index (χ1) is 13.9. The van der Waals surface area contributed by atoms with Gasteiger partial charge in [-0.05, 0) is 30.2 Å². The number of para-hydroxylation sites is 1. The second kappa shape index (κ2) is 8.14. The van der Waals surface area contributed by atoms with Crippen LogP contribution in [0.1, 0.15) is 11.3 Å². The summed E-state index contributed by atoms with van der Waals surface area (Å²) < 4.78 is 40.9. The fourth-order valence-corrected chi connectivity index (χ4v) is 4.86. The number of nitrogens with zero attached hydrogens (tertiary/aromatic N) is 2. The summed E-state index contributed by atoms with van der Waals surface area (Å²) in [6, 6.07) is 18.2. The van der Waals surface area contributed by atoms with E-state index in [0.717, 1.165) is 39.4 Å². The third-order valence-corrected chi connectivity index (χ3v) is 6.29. The molecule has 1 aromatic heterocycles. The molecule has 152 valence electrons. The second-order valence-electron chi connectivity index (χ2n) is 7.05. The average Bonchev–Trinajstić information content (AvgIpc) is 2.86. The quantitative estimate of drug-likeness (QED) is 0.562. The summed E-state index contributed by atoms with van der Waals surface area (Å²) >= 11 is 1.76. The number of carbonyl (C=O) groups excluding carboxylic acids is 1. The molecule has 0 saturated heterocycles. The highest BCUT2D eigenvalue weighted by Crippen LogP contribution is 2.31. The van der Waals surface area contributed by atoms with E-state index in [1.165, 1.54) is 4.90 Å². The number of carbonyl (C=O) groups is 1. The number of aryl methyl sites for hydroxylation is 1. The van der Waals surface area contributed by atoms with Crippen molar-refractivity contribution in [2.45, 2.75) is 30.5 Å². The van der Waals surface area contributed by atoms with Gasteiger partial charge >= 0.3 is 12.1 Å². The lowest BCUT2D eigenvalue weighted by Gasteiger charge is -2.21. The number of alkyl halides is 3. The lowest BCUT2D eigenvalue weighted by molar-refractivity contribution is -0.185. The number of aromatic nitrogens is 1. The van der Waals surface area contributed by atoms with Gasteiger partial charge in [0.2, 0.25) is 0 Å². The van der Waals surface area contributed by atoms with Crippen LogP contribution in [0.4, 0.5) is 13.2 Å². The molecular formula is C22H21F3N2OS. The Morgan fingerprint density at radius 3 is 2.41 bits per heavy atom. The molecule has 0 unspecified atom stereocenters. The fraction of sp³-hybridized carbons (Fsp3) is 0.318. The maximum absolute atomic E-state index is 12.9. The molecule has 0 bridgehead atoms. The maximum atomic E-state index is 12.9. The lowest BCUT2D eigenvalue weighted by atomic mass is 10.1. The van der Waals surface area contributed by atoms with E-state index in [0.29, 0.717) is 12.8 Å². The zero-order valence-electron chi connectivity index (χ0n) is 15.8. The SMILES string of the molecule is O=C(N1CCc2c(n(CCSc3ccccc3)c3ccccc23)CC1)C(F)(F)F. The molecule has 2 aromatic carbocycles. The molecule has 4 rings (SSSR count). The van der Waals surface area contributed by atoms with Gasteiger partial charge in [0.1, 0.15) is 0 Å². The predicted molar refractivity (Wildman–Crippen MR) is 109 cm³/mol. The van der Waals surface area contributed by atoms with Gasteiger partial charge in [0.05, 0.1) is 0 Å². The molecule has 0 atom stereocenters. The monoisotopic (exact) mass is 418 g/mol. The summed E-state index contributed by atoms with van der Waals surface area (Å²) in [6.45, 7) is 0.953. The minimum absolute atomic E-state index is 0.0908. The van der Waals surface area contributed by atoms with E-state index in [9.17, 15) is 18.0 Å². The summed E-state index contributed by atoms with van der Waals surface area (Å²) in [4.78, 5) is 13.8. The molecule has 0 N–H and O–H groups in total. The molecule has 0 aliphatic carbocycles. The minimum atomic E-state index is -4.82. The zero-order chi connectivity index (χ0) is 20.4. The van der Waals surface area contributed by atoms with Crippen LogP contribution in [0.2, 0.25) is 0 Å². The van der Waals surface area contributed by atoms with Gasteiger partial charge in [-0.3, -0.25) is 4.79 Å². The molecule has 3 aromatic rings. The van der Waals surface area contributed by atoms with E-state index in [4.69, 9.17) is 0 Å². The highest BCUT2D eigenvalue weighted by molar-refractivity contribution is 7.99. The molecule has 3 nitrogen and oxygen atoms in total. The van der Waals surface area contributed by atoms with Crippen molar-refractivity contribution in [2.75, 3.05) is 18.8 Å². The van der Waals surface area contributed by atoms with Crippen LogP contribution in [-0.2, 0) is 24.2 Å². The largest absolute Gasteiger partial charge is 0.471 e. The van der Waals surface area contributed by atoms with Gasteiger partial charge in [0.15, 0.2) is 0 Å². The van der Waals surface area contributed by atoms with Gasteiger partial charge in [0, 0.05) is 53.3 Å². The Kier molecular flexibility index (Phi) is 5.58. The van der Waals surface area contributed by atoms with Crippen LogP contribution in [0.3, 0.4) is 0 Å². The Labute approximate surface area is 171 Å². The lowest BCUT2D eigenvalue weighted by Crippen LogP contribution is -2.42. The standard InChI is InChI=1S/C22H21F3N2OS/c23-22(24,25)21(28)26-12-10-18-17-8-4-5-9-19(17)27(20(18)11-13-26)14-15-29-16-6-2-1-3-7-16/h1-9H,10-15H2. The van der Waals surface area contributed by atoms with Gasteiger partial charge in [-0.25, -0.2) is 0 Å². The number of hydrogen-bond acceptors (Lipinski definition) is 2. The Balaban J connectivity index is 1.58. The van der Waals surface area contributed by atoms with Crippen molar-refractivity contribution >= 4 is 28.6 Å². The van der Waals surface area contributed by atoms with Crippen LogP contribution in [0.15, 0.2) is 59.5 Å². The number of halogens is 3. The van der Waals surface area contributed by atoms with Gasteiger partial charge < -0.3 is 9.47 Å². The first-order valence-electron chi connectivity index (χ1n) is 9.58. The summed E-state index contributed by atoms with van der Waals surface area (Å²) in [7, 11) is 0. The maximum Gasteiger partial charge on any atom is 0.471 e. The highest BCUT2D eigenvalue weighted by atomic mass is 32.2. The second-order valence-corrected chi connectivity index (χ2v) is 8.21. The number of hydrogen-bond donors (Lipinski definition) is 0. The molecule has 0 spiro atoms. The molecule has 1 aliphatic rings. The van der Waals surface area contributed by atoms with E-state index in [1.54, 1.807) is 11.8 Å². The molecule has 0 fully saturated rings. The number of thioether (sulfide) groups is 1. The van der Waals surface area contributed by atoms with Crippen molar-refractivity contribution in [3.05, 3.63) is 65.9 Å². The van der Waals surface area contributed by atoms with Crippen LogP contribution in [0.25, 0.3) is 10.9 Å². The Morgan fingerprint density at radius 2 is 1.66 bits per heavy atom. The number of amides is 1. The van der Waals surface area contributed by atoms with E-state index in [2.05, 4.69) is 22.8 Å².